The van der Waals surface area contributed by atoms with Crippen LogP contribution in [0, 0.1) is 17.8 Å². The van der Waals surface area contributed by atoms with Crippen molar-refractivity contribution in [3.63, 3.8) is 0 Å². The van der Waals surface area contributed by atoms with Crippen molar-refractivity contribution in [2.45, 2.75) is 231 Å². The minimum absolute atomic E-state index is 0.153. The number of cyclic esters (lactones) is 1. The molecule has 5 saturated heterocycles. The van der Waals surface area contributed by atoms with Gasteiger partial charge in [0.1, 0.15) is 54.9 Å². The predicted molar refractivity (Wildman–Crippen MR) is 332 cm³/mol. The number of hydrogen-bond acceptors (Lipinski definition) is 29. The Labute approximate surface area is 547 Å². The monoisotopic (exact) mass is 1340 g/mol. The molecular weight excluding hydrogens is 1240 g/mol. The van der Waals surface area contributed by atoms with Crippen molar-refractivity contribution in [2.24, 2.45) is 17.8 Å². The maximum atomic E-state index is 14.4. The summed E-state index contributed by atoms with van der Waals surface area (Å²) < 4.78 is 40.9. The lowest BCUT2D eigenvalue weighted by atomic mass is 9.82. The van der Waals surface area contributed by atoms with Gasteiger partial charge in [0, 0.05) is 63.7 Å². The van der Waals surface area contributed by atoms with E-state index in [-0.39, 0.29) is 25.2 Å². The predicted octanol–water partition coefficient (Wildman–Crippen LogP) is -4.84. The molecule has 0 aromatic carbocycles. The molecule has 0 aromatic rings. The van der Waals surface area contributed by atoms with Crippen LogP contribution in [0.5, 0.6) is 0 Å². The third-order valence-electron chi connectivity index (χ3n) is 18.1. The van der Waals surface area contributed by atoms with Crippen molar-refractivity contribution >= 4 is 11.9 Å². The first kappa shape index (κ1) is 79.1. The minimum atomic E-state index is -2.67. The average Bonchev–Trinajstić information content (AvgIpc) is 0.789. The maximum Gasteiger partial charge on any atom is 0.308 e. The number of amides is 1. The number of ether oxygens (including phenoxy) is 7. The normalized spacial score (nSPS) is 46.4. The van der Waals surface area contributed by atoms with Crippen molar-refractivity contribution in [2.75, 3.05) is 53.0 Å². The van der Waals surface area contributed by atoms with Crippen LogP contribution in [0.25, 0.3) is 0 Å². The van der Waals surface area contributed by atoms with Crippen molar-refractivity contribution in [3.8, 4) is 0 Å². The van der Waals surface area contributed by atoms with Gasteiger partial charge in [-0.15, -0.1) is 0 Å². The SMILES string of the molecule is CC1[C@H](C)OC(=O)C[C@H](O)C[C@H](O)CC[C@@H](O)[C@H](O)C[C@H](O)C[C@]2(O)C[C@H](O)C(C(=O)NN3CCN(C)CC3)C(C[C@@H](OC3O[C@H](C)[C@@H](O)[C@H](NC[C@@]4(O)OC[C@@H](O)[C@@H](OC5O[C@H](CO)[C@@H](O)[C@H](O)[C@H]5O)[C@@H]4O)[C@@H]3O)/C=C/C=C/C=C/C=C/C=C/C=C/C=C/[C@H](C)[C@H]1O)O2. The highest BCUT2D eigenvalue weighted by molar-refractivity contribution is 5.79. The summed E-state index contributed by atoms with van der Waals surface area (Å²) in [6.07, 6.45) is -13.6. The third kappa shape index (κ3) is 22.8. The number of piperazine rings is 1. The summed E-state index contributed by atoms with van der Waals surface area (Å²) in [5.74, 6) is -8.81. The highest BCUT2D eigenvalue weighted by atomic mass is 16.7. The number of carbonyl (C=O) groups is 2. The van der Waals surface area contributed by atoms with E-state index in [1.807, 2.05) is 14.0 Å². The van der Waals surface area contributed by atoms with Gasteiger partial charge in [0.2, 0.25) is 11.7 Å². The van der Waals surface area contributed by atoms with Crippen molar-refractivity contribution < 1.29 is 130 Å². The third-order valence-corrected chi connectivity index (χ3v) is 18.1. The lowest BCUT2D eigenvalue weighted by molar-refractivity contribution is -0.368. The molecule has 0 aromatic heterocycles. The van der Waals surface area contributed by atoms with Gasteiger partial charge in [-0.2, -0.15) is 0 Å². The zero-order chi connectivity index (χ0) is 69.2. The Morgan fingerprint density at radius 2 is 1.22 bits per heavy atom. The van der Waals surface area contributed by atoms with E-state index in [4.69, 9.17) is 33.2 Å². The smallest absolute Gasteiger partial charge is 0.308 e. The Morgan fingerprint density at radius 1 is 0.617 bits per heavy atom. The van der Waals surface area contributed by atoms with Gasteiger partial charge < -0.3 is 130 Å². The van der Waals surface area contributed by atoms with Gasteiger partial charge in [0.15, 0.2) is 18.4 Å². The number of hydrazine groups is 1. The molecule has 1 amide bonds. The number of fused-ring (bicyclic) bond motifs is 2. The molecule has 28 atom stereocenters. The largest absolute Gasteiger partial charge is 0.462 e. The highest BCUT2D eigenvalue weighted by Crippen LogP contribution is 2.39. The molecule has 30 heteroatoms. The van der Waals surface area contributed by atoms with Crippen molar-refractivity contribution in [1.82, 2.24) is 20.7 Å². The zero-order valence-corrected chi connectivity index (χ0v) is 53.9. The van der Waals surface area contributed by atoms with Crippen LogP contribution >= 0.6 is 0 Å². The molecule has 6 aliphatic rings. The Balaban J connectivity index is 1.26. The van der Waals surface area contributed by atoms with Crippen molar-refractivity contribution in [3.05, 3.63) is 85.1 Å². The average molecular weight is 1350 g/mol. The van der Waals surface area contributed by atoms with Gasteiger partial charge in [-0.05, 0) is 40.2 Å². The quantitative estimate of drug-likeness (QED) is 0.0913. The Hall–Kier alpha value is -3.92. The van der Waals surface area contributed by atoms with E-state index >= 15 is 0 Å². The van der Waals surface area contributed by atoms with E-state index in [9.17, 15) is 96.4 Å². The lowest BCUT2D eigenvalue weighted by Gasteiger charge is -2.48. The summed E-state index contributed by atoms with van der Waals surface area (Å²) in [4.78, 5) is 29.3. The highest BCUT2D eigenvalue weighted by Gasteiger charge is 2.55. The van der Waals surface area contributed by atoms with E-state index in [1.54, 1.807) is 97.8 Å². The van der Waals surface area contributed by atoms with Gasteiger partial charge in [-0.1, -0.05) is 98.9 Å². The summed E-state index contributed by atoms with van der Waals surface area (Å²) in [6.45, 7) is 6.32. The van der Waals surface area contributed by atoms with Crippen molar-refractivity contribution in [1.29, 1.82) is 0 Å². The number of nitrogens with one attached hydrogen (secondary N) is 2. The molecule has 536 valence electrons. The summed E-state index contributed by atoms with van der Waals surface area (Å²) in [5, 5.41) is 193. The lowest BCUT2D eigenvalue weighted by Crippen LogP contribution is -2.70. The fourth-order valence-corrected chi connectivity index (χ4v) is 12.1. The molecule has 0 aliphatic carbocycles. The molecule has 19 N–H and O–H groups in total. The number of hydrogen-bond donors (Lipinski definition) is 19. The van der Waals surface area contributed by atoms with Crippen LogP contribution in [0.2, 0.25) is 0 Å². The molecule has 0 radical (unpaired) electrons. The van der Waals surface area contributed by atoms with E-state index in [1.165, 1.54) is 13.0 Å². The summed E-state index contributed by atoms with van der Waals surface area (Å²) in [7, 11) is 1.92. The van der Waals surface area contributed by atoms with Gasteiger partial charge in [0.05, 0.1) is 105 Å². The first-order valence-corrected chi connectivity index (χ1v) is 32.3. The van der Waals surface area contributed by atoms with E-state index in [2.05, 4.69) is 15.6 Å². The first-order chi connectivity index (χ1) is 44.4. The summed E-state index contributed by atoms with van der Waals surface area (Å²) in [5.41, 5.74) is 2.85. The van der Waals surface area contributed by atoms with E-state index in [0.717, 1.165) is 0 Å². The fourth-order valence-electron chi connectivity index (χ4n) is 12.1. The number of carbonyl (C=O) groups excluding carboxylic acids is 2. The second-order valence-electron chi connectivity index (χ2n) is 25.8. The topological polar surface area (TPSA) is 473 Å². The summed E-state index contributed by atoms with van der Waals surface area (Å²) in [6, 6.07) is -1.47. The number of allylic oxidation sites excluding steroid dienone is 12. The van der Waals surface area contributed by atoms with Gasteiger partial charge in [0.25, 0.3) is 0 Å². The molecule has 0 spiro atoms. The molecule has 5 fully saturated rings. The number of aliphatic hydroxyl groups is 17. The molecule has 6 heterocycles. The number of likely N-dealkylation sites (N-methyl/N-ethyl adjacent to an activating group) is 1. The van der Waals surface area contributed by atoms with Gasteiger partial charge >= 0.3 is 5.97 Å². The van der Waals surface area contributed by atoms with Gasteiger partial charge in [-0.3, -0.25) is 15.0 Å². The van der Waals surface area contributed by atoms with Gasteiger partial charge in [-0.25, -0.2) is 5.01 Å². The molecule has 94 heavy (non-hydrogen) atoms. The molecule has 30 nitrogen and oxygen atoms in total. The maximum absolute atomic E-state index is 14.4. The Morgan fingerprint density at radius 3 is 1.85 bits per heavy atom. The van der Waals surface area contributed by atoms with Crippen LogP contribution in [0.4, 0.5) is 0 Å². The standard InChI is InChI=1S/C64H104N4O26/c1-35-18-16-14-12-10-8-6-7-9-11-13-15-17-19-42(91-61-55(81)51(53(79)38(4)90-61)65-34-64(87)59(84)58(46(76)33-88-64)93-62-57(83)56(82)54(80)48(32-69)92-62)29-47-50(60(85)66-68-24-22-67(5)23-25-68)45(75)31-63(86,94-47)30-41(72)27-44(74)43(73)21-20-39(70)26-40(71)28-49(77)89-37(3)36(2)52(35)78/h6-19,35-48,50-59,61-62,65,69-76,78-84,86-87H,20-34H2,1-5H3,(H,66,85)/b7-6+,10-8+,11-9+,14-12+,15-13+,18-16+,19-17+/t35-,36?,37-,38+,39+,40+,41-,42-,43+,44+,45-,46+,47?,48+,50?,51-,52+,53+,54+,55-,56-,57+,58+,59-,61?,62?,63+,64+/m0/s1. The van der Waals surface area contributed by atoms with Crippen LogP contribution in [-0.2, 0) is 42.7 Å². The number of esters is 1. The molecule has 6 aliphatic heterocycles. The molecule has 0 saturated carbocycles. The van der Waals surface area contributed by atoms with Crippen LogP contribution in [0.1, 0.15) is 79.1 Å². The molecule has 5 unspecified atom stereocenters. The minimum Gasteiger partial charge on any atom is -0.462 e. The Bertz CT molecular complexity index is 2520. The van der Waals surface area contributed by atoms with Crippen LogP contribution in [0.3, 0.4) is 0 Å². The van der Waals surface area contributed by atoms with E-state index in [0.29, 0.717) is 26.2 Å². The first-order valence-electron chi connectivity index (χ1n) is 32.3. The number of rotatable bonds is 10. The molecule has 6 rings (SSSR count). The van der Waals surface area contributed by atoms with Crippen LogP contribution < -0.4 is 10.7 Å². The molecule has 2 bridgehead atoms. The van der Waals surface area contributed by atoms with Crippen LogP contribution in [-0.4, -0.2) is 314 Å². The molecular formula is C64H104N4O26. The second kappa shape index (κ2) is 37.3. The number of aliphatic hydroxyl groups excluding tert-OH is 15. The zero-order valence-electron chi connectivity index (χ0n) is 53.9. The second-order valence-corrected chi connectivity index (χ2v) is 25.8. The van der Waals surface area contributed by atoms with Crippen LogP contribution in [0.15, 0.2) is 85.1 Å². The fraction of sp³-hybridized carbons (Fsp3) is 0.750. The van der Waals surface area contributed by atoms with E-state index < -0.39 is 228 Å². The number of nitrogens with zero attached hydrogens (tertiary/aromatic N) is 2. The summed E-state index contributed by atoms with van der Waals surface area (Å²) >= 11 is 0. The Kier molecular flexibility index (Phi) is 31.4.